The van der Waals surface area contributed by atoms with Gasteiger partial charge in [0.05, 0.1) is 22.6 Å². The van der Waals surface area contributed by atoms with Gasteiger partial charge in [-0.3, -0.25) is 0 Å². The molecule has 0 spiro atoms. The molecule has 0 radical (unpaired) electrons. The highest BCUT2D eigenvalue weighted by molar-refractivity contribution is 5.77. The topological polar surface area (TPSA) is 53.0 Å². The summed E-state index contributed by atoms with van der Waals surface area (Å²) in [6.07, 6.45) is 0. The lowest BCUT2D eigenvalue weighted by atomic mass is 10.1. The quantitative estimate of drug-likeness (QED) is 0.837. The van der Waals surface area contributed by atoms with Crippen LogP contribution < -0.4 is 10.6 Å². The summed E-state index contributed by atoms with van der Waals surface area (Å²) in [5.74, 6) is -0.330. The number of nitrogens with zero attached hydrogens (tertiary/aromatic N) is 2. The first-order chi connectivity index (χ1) is 9.04. The summed E-state index contributed by atoms with van der Waals surface area (Å²) in [7, 11) is 1.80. The van der Waals surface area contributed by atoms with Crippen LogP contribution >= 0.6 is 0 Å². The lowest BCUT2D eigenvalue weighted by molar-refractivity contribution is 0.619. The van der Waals surface area contributed by atoms with E-state index in [0.717, 1.165) is 5.69 Å². The van der Waals surface area contributed by atoms with Crippen LogP contribution in [0.25, 0.3) is 0 Å². The van der Waals surface area contributed by atoms with Crippen molar-refractivity contribution in [3.63, 3.8) is 0 Å². The summed E-state index contributed by atoms with van der Waals surface area (Å²) in [4.78, 5) is 1.79. The van der Waals surface area contributed by atoms with Crippen molar-refractivity contribution in [3.8, 4) is 6.07 Å². The molecule has 4 heteroatoms. The molecule has 2 aromatic rings. The van der Waals surface area contributed by atoms with Crippen LogP contribution in [0.4, 0.5) is 21.5 Å². The second kappa shape index (κ2) is 4.99. The van der Waals surface area contributed by atoms with Crippen LogP contribution in [-0.4, -0.2) is 7.05 Å². The fourth-order valence-electron chi connectivity index (χ4n) is 1.96. The van der Waals surface area contributed by atoms with Crippen LogP contribution in [0.3, 0.4) is 0 Å². The van der Waals surface area contributed by atoms with Gasteiger partial charge >= 0.3 is 0 Å². The monoisotopic (exact) mass is 255 g/mol. The van der Waals surface area contributed by atoms with E-state index in [4.69, 9.17) is 11.0 Å². The van der Waals surface area contributed by atoms with E-state index in [1.54, 1.807) is 37.1 Å². The largest absolute Gasteiger partial charge is 0.397 e. The van der Waals surface area contributed by atoms with Gasteiger partial charge < -0.3 is 10.6 Å². The third-order valence-electron chi connectivity index (χ3n) is 3.06. The van der Waals surface area contributed by atoms with Crippen LogP contribution in [0, 0.1) is 24.1 Å². The van der Waals surface area contributed by atoms with E-state index >= 15 is 0 Å². The summed E-state index contributed by atoms with van der Waals surface area (Å²) < 4.78 is 13.4. The molecule has 3 nitrogen and oxygen atoms in total. The number of hydrogen-bond acceptors (Lipinski definition) is 3. The van der Waals surface area contributed by atoms with Gasteiger partial charge in [-0.05, 0) is 36.8 Å². The lowest BCUT2D eigenvalue weighted by Gasteiger charge is -2.23. The predicted molar refractivity (Wildman–Crippen MR) is 74.8 cm³/mol. The van der Waals surface area contributed by atoms with Crippen LogP contribution in [0.15, 0.2) is 36.4 Å². The van der Waals surface area contributed by atoms with E-state index in [-0.39, 0.29) is 5.82 Å². The third kappa shape index (κ3) is 2.36. The van der Waals surface area contributed by atoms with Gasteiger partial charge in [0, 0.05) is 7.05 Å². The highest BCUT2D eigenvalue weighted by Crippen LogP contribution is 2.32. The SMILES string of the molecule is Cc1cc(N(C)c2ccccc2C#N)c(N)cc1F. The number of anilines is 3. The number of nitriles is 1. The second-order valence-corrected chi connectivity index (χ2v) is 4.35. The minimum Gasteiger partial charge on any atom is -0.397 e. The number of benzene rings is 2. The summed E-state index contributed by atoms with van der Waals surface area (Å²) in [6, 6.07) is 12.3. The Morgan fingerprint density at radius 2 is 1.89 bits per heavy atom. The van der Waals surface area contributed by atoms with Gasteiger partial charge in [0.1, 0.15) is 11.9 Å². The Morgan fingerprint density at radius 1 is 1.21 bits per heavy atom. The maximum absolute atomic E-state index is 13.4. The van der Waals surface area contributed by atoms with Gasteiger partial charge in [0.25, 0.3) is 0 Å². The number of nitrogens with two attached hydrogens (primary N) is 1. The Bertz CT molecular complexity index is 659. The first-order valence-electron chi connectivity index (χ1n) is 5.83. The molecule has 2 aromatic carbocycles. The van der Waals surface area contributed by atoms with E-state index in [2.05, 4.69) is 6.07 Å². The van der Waals surface area contributed by atoms with Crippen molar-refractivity contribution >= 4 is 17.1 Å². The van der Waals surface area contributed by atoms with Crippen molar-refractivity contribution in [1.82, 2.24) is 0 Å². The first kappa shape index (κ1) is 12.9. The third-order valence-corrected chi connectivity index (χ3v) is 3.06. The Labute approximate surface area is 111 Å². The van der Waals surface area contributed by atoms with Crippen molar-refractivity contribution in [3.05, 3.63) is 53.3 Å². The van der Waals surface area contributed by atoms with Crippen LogP contribution in [0.1, 0.15) is 11.1 Å². The minimum absolute atomic E-state index is 0.330. The van der Waals surface area contributed by atoms with E-state index < -0.39 is 0 Å². The molecule has 0 amide bonds. The molecule has 0 saturated carbocycles. The zero-order chi connectivity index (χ0) is 14.0. The molecule has 2 rings (SSSR count). The summed E-state index contributed by atoms with van der Waals surface area (Å²) >= 11 is 0. The summed E-state index contributed by atoms with van der Waals surface area (Å²) in [6.45, 7) is 1.68. The molecule has 0 aliphatic rings. The molecule has 0 saturated heterocycles. The maximum atomic E-state index is 13.4. The first-order valence-corrected chi connectivity index (χ1v) is 5.83. The highest BCUT2D eigenvalue weighted by Gasteiger charge is 2.13. The Kier molecular flexibility index (Phi) is 3.39. The average molecular weight is 255 g/mol. The van der Waals surface area contributed by atoms with E-state index in [9.17, 15) is 4.39 Å². The Morgan fingerprint density at radius 3 is 2.58 bits per heavy atom. The van der Waals surface area contributed by atoms with Crippen LogP contribution in [-0.2, 0) is 0 Å². The maximum Gasteiger partial charge on any atom is 0.128 e. The van der Waals surface area contributed by atoms with Gasteiger partial charge in [0.15, 0.2) is 0 Å². The van der Waals surface area contributed by atoms with Crippen LogP contribution in [0.2, 0.25) is 0 Å². The van der Waals surface area contributed by atoms with Crippen molar-refractivity contribution in [1.29, 1.82) is 5.26 Å². The number of halogens is 1. The normalized spacial score (nSPS) is 10.0. The molecule has 0 aliphatic heterocycles. The molecule has 0 aliphatic carbocycles. The average Bonchev–Trinajstić information content (AvgIpc) is 2.42. The highest BCUT2D eigenvalue weighted by atomic mass is 19.1. The molecular formula is C15H14FN3. The molecule has 0 fully saturated rings. The predicted octanol–water partition coefficient (Wildman–Crippen LogP) is 3.36. The van der Waals surface area contributed by atoms with Gasteiger partial charge in [-0.25, -0.2) is 4.39 Å². The molecule has 0 heterocycles. The fourth-order valence-corrected chi connectivity index (χ4v) is 1.96. The van der Waals surface area contributed by atoms with Crippen molar-refractivity contribution < 1.29 is 4.39 Å². The van der Waals surface area contributed by atoms with E-state index in [0.29, 0.717) is 22.5 Å². The second-order valence-electron chi connectivity index (χ2n) is 4.35. The Hall–Kier alpha value is -2.54. The summed E-state index contributed by atoms with van der Waals surface area (Å²) in [5, 5.41) is 9.11. The molecule has 0 bridgehead atoms. The van der Waals surface area contributed by atoms with Crippen molar-refractivity contribution in [2.45, 2.75) is 6.92 Å². The molecule has 0 unspecified atom stereocenters. The van der Waals surface area contributed by atoms with E-state index in [1.165, 1.54) is 6.07 Å². The zero-order valence-corrected chi connectivity index (χ0v) is 10.8. The molecule has 96 valence electrons. The van der Waals surface area contributed by atoms with Crippen molar-refractivity contribution in [2.75, 3.05) is 17.7 Å². The number of aryl methyl sites for hydroxylation is 1. The number of rotatable bonds is 2. The van der Waals surface area contributed by atoms with Gasteiger partial charge in [-0.1, -0.05) is 12.1 Å². The zero-order valence-electron chi connectivity index (χ0n) is 10.8. The molecule has 0 atom stereocenters. The molecule has 2 N–H and O–H groups in total. The fraction of sp³-hybridized carbons (Fsp3) is 0.133. The number of hydrogen-bond donors (Lipinski definition) is 1. The smallest absolute Gasteiger partial charge is 0.128 e. The lowest BCUT2D eigenvalue weighted by Crippen LogP contribution is -2.13. The van der Waals surface area contributed by atoms with Gasteiger partial charge in [0.2, 0.25) is 0 Å². The molecular weight excluding hydrogens is 241 g/mol. The number of para-hydroxylation sites is 1. The van der Waals surface area contributed by atoms with E-state index in [1.807, 2.05) is 12.1 Å². The Balaban J connectivity index is 2.54. The van der Waals surface area contributed by atoms with Crippen LogP contribution in [0.5, 0.6) is 0 Å². The number of nitrogen functional groups attached to an aromatic ring is 1. The summed E-state index contributed by atoms with van der Waals surface area (Å²) in [5.41, 5.74) is 8.69. The van der Waals surface area contributed by atoms with Crippen molar-refractivity contribution in [2.24, 2.45) is 0 Å². The molecule has 19 heavy (non-hydrogen) atoms. The van der Waals surface area contributed by atoms with Gasteiger partial charge in [-0.15, -0.1) is 0 Å². The minimum atomic E-state index is -0.330. The standard InChI is InChI=1S/C15H14FN3/c1-10-7-15(13(18)8-12(10)16)19(2)14-6-4-3-5-11(14)9-17/h3-8H,18H2,1-2H3. The molecule has 0 aromatic heterocycles. The van der Waals surface area contributed by atoms with Gasteiger partial charge in [-0.2, -0.15) is 5.26 Å².